The van der Waals surface area contributed by atoms with Crippen molar-refractivity contribution in [1.29, 1.82) is 0 Å². The van der Waals surface area contributed by atoms with Crippen LogP contribution in [0.4, 0.5) is 5.69 Å². The van der Waals surface area contributed by atoms with Crippen LogP contribution in [0.1, 0.15) is 17.5 Å². The predicted molar refractivity (Wildman–Crippen MR) is 120 cm³/mol. The molecular weight excluding hydrogens is 430 g/mol. The number of phenolic OH excluding ortho intramolecular Hbond substituents is 1. The summed E-state index contributed by atoms with van der Waals surface area (Å²) in [4.78, 5) is 29.1. The van der Waals surface area contributed by atoms with E-state index in [-0.39, 0.29) is 23.3 Å². The molecule has 0 radical (unpaired) electrons. The standard InChI is InChI=1S/C23H29N3O7/c1-25(2)12-5-6-13(27)15-10(12)7-9-8-11-17(26(3)4)19(29)16(22(24)32)21(31)23(11,33)20(30)14(9)18(15)28/h5-6,9,11,17,19,27-29,31,33H,7-8H2,1-4H3,(H2,24,32)/t9-,11-,17-,19?,23-/m0/s1. The minimum absolute atomic E-state index is 0.0986. The molecule has 1 aromatic rings. The van der Waals surface area contributed by atoms with Gasteiger partial charge in [0.25, 0.3) is 5.91 Å². The lowest BCUT2D eigenvalue weighted by Crippen LogP contribution is -2.66. The Morgan fingerprint density at radius 1 is 1.15 bits per heavy atom. The molecule has 7 N–H and O–H groups in total. The molecule has 0 spiro atoms. The number of carbonyl (C=O) groups excluding carboxylic acids is 2. The van der Waals surface area contributed by atoms with E-state index in [9.17, 15) is 35.1 Å². The van der Waals surface area contributed by atoms with Gasteiger partial charge in [0.1, 0.15) is 23.4 Å². The minimum Gasteiger partial charge on any atom is -0.508 e. The monoisotopic (exact) mass is 459 g/mol. The van der Waals surface area contributed by atoms with Crippen LogP contribution >= 0.6 is 0 Å². The largest absolute Gasteiger partial charge is 0.508 e. The molecule has 1 fully saturated rings. The molecule has 0 saturated heterocycles. The van der Waals surface area contributed by atoms with Gasteiger partial charge >= 0.3 is 0 Å². The van der Waals surface area contributed by atoms with E-state index in [4.69, 9.17) is 5.73 Å². The fraction of sp³-hybridized carbons (Fsp3) is 0.478. The Labute approximate surface area is 190 Å². The van der Waals surface area contributed by atoms with E-state index in [0.29, 0.717) is 12.0 Å². The molecular formula is C23H29N3O7. The third kappa shape index (κ3) is 2.98. The molecule has 178 valence electrons. The molecule has 0 aromatic heterocycles. The first-order chi connectivity index (χ1) is 15.3. The molecule has 3 aliphatic carbocycles. The van der Waals surface area contributed by atoms with Gasteiger partial charge in [0.15, 0.2) is 5.60 Å². The number of aromatic hydroxyl groups is 1. The minimum atomic E-state index is -2.56. The third-order valence-corrected chi connectivity index (χ3v) is 7.27. The van der Waals surface area contributed by atoms with Crippen LogP contribution in [0.15, 0.2) is 29.0 Å². The molecule has 0 aliphatic heterocycles. The summed E-state index contributed by atoms with van der Waals surface area (Å²) >= 11 is 0. The van der Waals surface area contributed by atoms with Crippen molar-refractivity contribution >= 4 is 23.1 Å². The number of hydrogen-bond donors (Lipinski definition) is 6. The number of likely N-dealkylation sites (N-methyl/N-ethyl adjacent to an activating group) is 1. The maximum Gasteiger partial charge on any atom is 0.250 e. The van der Waals surface area contributed by atoms with Gasteiger partial charge < -0.3 is 41.1 Å². The summed E-state index contributed by atoms with van der Waals surface area (Å²) in [6, 6.07) is 2.23. The number of rotatable bonds is 3. The zero-order valence-electron chi connectivity index (χ0n) is 18.9. The van der Waals surface area contributed by atoms with Gasteiger partial charge in [-0.1, -0.05) is 0 Å². The molecule has 4 rings (SSSR count). The highest BCUT2D eigenvalue weighted by Crippen LogP contribution is 2.54. The molecule has 1 unspecified atom stereocenters. The van der Waals surface area contributed by atoms with E-state index in [2.05, 4.69) is 0 Å². The zero-order chi connectivity index (χ0) is 24.6. The van der Waals surface area contributed by atoms with Crippen molar-refractivity contribution in [3.63, 3.8) is 0 Å². The number of aliphatic hydroxyl groups excluding tert-OH is 3. The number of fused-ring (bicyclic) bond motifs is 3. The smallest absolute Gasteiger partial charge is 0.250 e. The fourth-order valence-corrected chi connectivity index (χ4v) is 5.85. The van der Waals surface area contributed by atoms with Crippen LogP contribution in [-0.4, -0.2) is 88.1 Å². The van der Waals surface area contributed by atoms with Crippen molar-refractivity contribution in [2.45, 2.75) is 30.6 Å². The number of amides is 1. The van der Waals surface area contributed by atoms with Gasteiger partial charge in [-0.2, -0.15) is 0 Å². The summed E-state index contributed by atoms with van der Waals surface area (Å²) in [5.41, 5.74) is 3.55. The highest BCUT2D eigenvalue weighted by atomic mass is 16.4. The van der Waals surface area contributed by atoms with Gasteiger partial charge in [0, 0.05) is 37.3 Å². The molecule has 10 nitrogen and oxygen atoms in total. The van der Waals surface area contributed by atoms with Crippen molar-refractivity contribution < 1.29 is 35.1 Å². The lowest BCUT2D eigenvalue weighted by molar-refractivity contribution is -0.154. The molecule has 3 aliphatic rings. The van der Waals surface area contributed by atoms with Gasteiger partial charge in [0.05, 0.1) is 11.1 Å². The maximum atomic E-state index is 13.7. The highest BCUT2D eigenvalue weighted by Gasteiger charge is 2.64. The number of ketones is 1. The fourth-order valence-electron chi connectivity index (χ4n) is 5.85. The highest BCUT2D eigenvalue weighted by molar-refractivity contribution is 6.12. The quantitative estimate of drug-likeness (QED) is 0.359. The van der Waals surface area contributed by atoms with Crippen molar-refractivity contribution in [1.82, 2.24) is 4.90 Å². The molecule has 0 heterocycles. The van der Waals surface area contributed by atoms with E-state index >= 15 is 0 Å². The van der Waals surface area contributed by atoms with E-state index in [1.807, 2.05) is 19.0 Å². The number of carbonyl (C=O) groups is 2. The van der Waals surface area contributed by atoms with Crippen molar-refractivity contribution in [3.8, 4) is 5.75 Å². The second kappa shape index (κ2) is 7.47. The number of nitrogens with zero attached hydrogens (tertiary/aromatic N) is 2. The number of Topliss-reactive ketones (excluding diaryl/α,β-unsaturated/α-hetero) is 1. The number of primary amides is 1. The summed E-state index contributed by atoms with van der Waals surface area (Å²) < 4.78 is 0. The van der Waals surface area contributed by atoms with E-state index in [1.54, 1.807) is 25.1 Å². The number of hydrogen-bond acceptors (Lipinski definition) is 9. The van der Waals surface area contributed by atoms with Crippen LogP contribution in [-0.2, 0) is 16.0 Å². The van der Waals surface area contributed by atoms with Crippen molar-refractivity contribution in [3.05, 3.63) is 40.2 Å². The Morgan fingerprint density at radius 3 is 2.33 bits per heavy atom. The lowest BCUT2D eigenvalue weighted by atomic mass is 9.57. The second-order valence-corrected chi connectivity index (χ2v) is 9.48. The third-order valence-electron chi connectivity index (χ3n) is 7.27. The van der Waals surface area contributed by atoms with E-state index < -0.39 is 58.4 Å². The Morgan fingerprint density at radius 2 is 1.79 bits per heavy atom. The summed E-state index contributed by atoms with van der Waals surface area (Å²) in [7, 11) is 6.89. The normalized spacial score (nSPS) is 31.3. The van der Waals surface area contributed by atoms with Crippen molar-refractivity contribution in [2.24, 2.45) is 17.6 Å². The molecule has 1 amide bonds. The van der Waals surface area contributed by atoms with Crippen LogP contribution < -0.4 is 10.6 Å². The second-order valence-electron chi connectivity index (χ2n) is 9.48. The Hall–Kier alpha value is -3.08. The predicted octanol–water partition coefficient (Wildman–Crippen LogP) is -0.178. The number of benzene rings is 1. The van der Waals surface area contributed by atoms with Crippen LogP contribution in [0.2, 0.25) is 0 Å². The van der Waals surface area contributed by atoms with E-state index in [0.717, 1.165) is 5.69 Å². The van der Waals surface area contributed by atoms with Crippen LogP contribution in [0.5, 0.6) is 5.75 Å². The van der Waals surface area contributed by atoms with Crippen LogP contribution in [0.25, 0.3) is 5.76 Å². The maximum absolute atomic E-state index is 13.7. The SMILES string of the molecule is CN(C)c1ccc(O)c2c1C[C@H]1C[C@H]3[C@H](N(C)C)C(O)C(C(N)=O)=C(O)[C@@]3(O)C(=O)C1=C2O. The lowest BCUT2D eigenvalue weighted by Gasteiger charge is -2.52. The first-order valence-corrected chi connectivity index (χ1v) is 10.6. The topological polar surface area (TPSA) is 168 Å². The number of aliphatic hydroxyl groups is 4. The first kappa shape index (κ1) is 23.1. The van der Waals surface area contributed by atoms with Crippen LogP contribution in [0.3, 0.4) is 0 Å². The zero-order valence-corrected chi connectivity index (χ0v) is 18.9. The van der Waals surface area contributed by atoms with Gasteiger partial charge in [-0.05, 0) is 50.6 Å². The number of anilines is 1. The first-order valence-electron chi connectivity index (χ1n) is 10.6. The summed E-state index contributed by atoms with van der Waals surface area (Å²) in [6.45, 7) is 0. The Kier molecular flexibility index (Phi) is 5.23. The van der Waals surface area contributed by atoms with Gasteiger partial charge in [0.2, 0.25) is 5.78 Å². The molecule has 1 aromatic carbocycles. The van der Waals surface area contributed by atoms with Crippen LogP contribution in [0, 0.1) is 11.8 Å². The van der Waals surface area contributed by atoms with Gasteiger partial charge in [-0.25, -0.2) is 0 Å². The van der Waals surface area contributed by atoms with E-state index in [1.165, 1.54) is 6.07 Å². The molecule has 1 saturated carbocycles. The summed E-state index contributed by atoms with van der Waals surface area (Å²) in [5, 5.41) is 54.9. The Bertz CT molecular complexity index is 1120. The van der Waals surface area contributed by atoms with Gasteiger partial charge in [-0.3, -0.25) is 9.59 Å². The summed E-state index contributed by atoms with van der Waals surface area (Å²) in [6.07, 6.45) is -1.11. The van der Waals surface area contributed by atoms with Crippen molar-refractivity contribution in [2.75, 3.05) is 33.1 Å². The molecule has 10 heteroatoms. The average molecular weight is 459 g/mol. The van der Waals surface area contributed by atoms with Gasteiger partial charge in [-0.15, -0.1) is 0 Å². The molecule has 0 bridgehead atoms. The number of nitrogens with two attached hydrogens (primary N) is 1. The number of phenols is 1. The molecule has 5 atom stereocenters. The molecule has 33 heavy (non-hydrogen) atoms. The summed E-state index contributed by atoms with van der Waals surface area (Å²) in [5.74, 6) is -5.35. The average Bonchev–Trinajstić information content (AvgIpc) is 2.70. The Balaban J connectivity index is 1.98.